The summed E-state index contributed by atoms with van der Waals surface area (Å²) in [6.45, 7) is 2.08. The number of rotatable bonds is 5. The van der Waals surface area contributed by atoms with E-state index in [0.717, 1.165) is 17.7 Å². The van der Waals surface area contributed by atoms with E-state index in [1.165, 1.54) is 6.07 Å². The molecule has 0 saturated carbocycles. The minimum Gasteiger partial charge on any atom is -0.346 e. The molecule has 2 aromatic carbocycles. The zero-order chi connectivity index (χ0) is 19.4. The van der Waals surface area contributed by atoms with Crippen LogP contribution in [0.15, 0.2) is 67.0 Å². The summed E-state index contributed by atoms with van der Waals surface area (Å²) in [6, 6.07) is 13.3. The van der Waals surface area contributed by atoms with Crippen molar-refractivity contribution in [2.24, 2.45) is 0 Å². The van der Waals surface area contributed by atoms with Crippen LogP contribution in [0, 0.1) is 0 Å². The van der Waals surface area contributed by atoms with Crippen LogP contribution in [0.3, 0.4) is 0 Å². The molecule has 3 aromatic rings. The summed E-state index contributed by atoms with van der Waals surface area (Å²) in [5.74, 6) is -0.345. The Kier molecular flexibility index (Phi) is 5.30. The molecule has 0 saturated heterocycles. The maximum atomic E-state index is 12.9. The fourth-order valence-electron chi connectivity index (χ4n) is 2.79. The van der Waals surface area contributed by atoms with Gasteiger partial charge in [0, 0.05) is 18.0 Å². The van der Waals surface area contributed by atoms with E-state index in [9.17, 15) is 18.0 Å². The van der Waals surface area contributed by atoms with Crippen LogP contribution in [0.2, 0.25) is 0 Å². The minimum absolute atomic E-state index is 0.345. The third-order valence-electron chi connectivity index (χ3n) is 4.22. The van der Waals surface area contributed by atoms with E-state index in [4.69, 9.17) is 0 Å². The van der Waals surface area contributed by atoms with Gasteiger partial charge in [0.15, 0.2) is 0 Å². The standard InChI is InChI=1S/C20H18F3N3O/c1-14(15-7-4-8-17(12-15)20(21,22)23)25-19(27)18-9-3-2-6-16(18)13-26-11-5-10-24-26/h2-12,14H,13H2,1H3,(H,25,27). The molecule has 0 aliphatic carbocycles. The zero-order valence-corrected chi connectivity index (χ0v) is 14.6. The van der Waals surface area contributed by atoms with Crippen LogP contribution in [-0.2, 0) is 12.7 Å². The molecule has 1 heterocycles. The highest BCUT2D eigenvalue weighted by Gasteiger charge is 2.30. The van der Waals surface area contributed by atoms with Gasteiger partial charge >= 0.3 is 6.18 Å². The van der Waals surface area contributed by atoms with E-state index in [2.05, 4.69) is 10.4 Å². The number of halogens is 3. The largest absolute Gasteiger partial charge is 0.416 e. The molecule has 0 fully saturated rings. The number of nitrogens with one attached hydrogen (secondary N) is 1. The van der Waals surface area contributed by atoms with Crippen molar-refractivity contribution < 1.29 is 18.0 Å². The van der Waals surface area contributed by atoms with E-state index in [1.54, 1.807) is 48.3 Å². The lowest BCUT2D eigenvalue weighted by Crippen LogP contribution is -2.28. The number of nitrogens with zero attached hydrogens (tertiary/aromatic N) is 2. The fraction of sp³-hybridized carbons (Fsp3) is 0.200. The van der Waals surface area contributed by atoms with Gasteiger partial charge < -0.3 is 5.32 Å². The molecule has 140 valence electrons. The Labute approximate surface area is 154 Å². The van der Waals surface area contributed by atoms with Gasteiger partial charge in [-0.25, -0.2) is 0 Å². The summed E-state index contributed by atoms with van der Waals surface area (Å²) in [7, 11) is 0. The fourth-order valence-corrected chi connectivity index (χ4v) is 2.79. The van der Waals surface area contributed by atoms with E-state index < -0.39 is 17.8 Å². The van der Waals surface area contributed by atoms with Crippen molar-refractivity contribution in [3.8, 4) is 0 Å². The minimum atomic E-state index is -4.42. The molecular formula is C20H18F3N3O. The summed E-state index contributed by atoms with van der Waals surface area (Å²) < 4.78 is 40.4. The summed E-state index contributed by atoms with van der Waals surface area (Å²) in [4.78, 5) is 12.7. The van der Waals surface area contributed by atoms with Gasteiger partial charge in [-0.15, -0.1) is 0 Å². The molecule has 1 atom stereocenters. The van der Waals surface area contributed by atoms with Crippen LogP contribution >= 0.6 is 0 Å². The molecule has 0 spiro atoms. The van der Waals surface area contributed by atoms with Gasteiger partial charge in [-0.2, -0.15) is 18.3 Å². The Balaban J connectivity index is 1.78. The first-order chi connectivity index (χ1) is 12.8. The normalized spacial score (nSPS) is 12.6. The molecule has 0 aliphatic heterocycles. The first-order valence-corrected chi connectivity index (χ1v) is 8.38. The Hall–Kier alpha value is -3.09. The smallest absolute Gasteiger partial charge is 0.346 e. The average molecular weight is 373 g/mol. The zero-order valence-electron chi connectivity index (χ0n) is 14.6. The monoisotopic (exact) mass is 373 g/mol. The first kappa shape index (κ1) is 18.7. The van der Waals surface area contributed by atoms with Gasteiger partial charge in [-0.05, 0) is 42.3 Å². The summed E-state index contributed by atoms with van der Waals surface area (Å²) in [5.41, 5.74) is 0.893. The molecule has 27 heavy (non-hydrogen) atoms. The lowest BCUT2D eigenvalue weighted by Gasteiger charge is -2.17. The van der Waals surface area contributed by atoms with Crippen LogP contribution in [0.25, 0.3) is 0 Å². The van der Waals surface area contributed by atoms with Gasteiger partial charge in [0.2, 0.25) is 0 Å². The predicted octanol–water partition coefficient (Wildman–Crippen LogP) is 4.44. The van der Waals surface area contributed by atoms with E-state index >= 15 is 0 Å². The molecule has 1 unspecified atom stereocenters. The summed E-state index contributed by atoms with van der Waals surface area (Å²) in [5, 5.41) is 6.91. The molecule has 1 amide bonds. The molecule has 3 rings (SSSR count). The number of amides is 1. The number of alkyl halides is 3. The van der Waals surface area contributed by atoms with Crippen LogP contribution in [-0.4, -0.2) is 15.7 Å². The Morgan fingerprint density at radius 1 is 1.15 bits per heavy atom. The van der Waals surface area contributed by atoms with E-state index in [1.807, 2.05) is 12.1 Å². The van der Waals surface area contributed by atoms with Crippen molar-refractivity contribution in [3.05, 3.63) is 89.2 Å². The predicted molar refractivity (Wildman–Crippen MR) is 95.1 cm³/mol. The second kappa shape index (κ2) is 7.65. The van der Waals surface area contributed by atoms with Gasteiger partial charge in [0.1, 0.15) is 0 Å². The van der Waals surface area contributed by atoms with Gasteiger partial charge in [-0.1, -0.05) is 30.3 Å². The van der Waals surface area contributed by atoms with Gasteiger partial charge in [0.25, 0.3) is 5.91 Å². The number of aromatic nitrogens is 2. The van der Waals surface area contributed by atoms with Crippen molar-refractivity contribution in [2.75, 3.05) is 0 Å². The quantitative estimate of drug-likeness (QED) is 0.719. The third kappa shape index (κ3) is 4.55. The first-order valence-electron chi connectivity index (χ1n) is 8.38. The number of hydrogen-bond acceptors (Lipinski definition) is 2. The number of benzene rings is 2. The lowest BCUT2D eigenvalue weighted by molar-refractivity contribution is -0.137. The molecule has 4 nitrogen and oxygen atoms in total. The number of hydrogen-bond donors (Lipinski definition) is 1. The van der Waals surface area contributed by atoms with E-state index in [0.29, 0.717) is 17.7 Å². The summed E-state index contributed by atoms with van der Waals surface area (Å²) in [6.07, 6.45) is -0.978. The van der Waals surface area contributed by atoms with Gasteiger partial charge in [-0.3, -0.25) is 9.48 Å². The van der Waals surface area contributed by atoms with Crippen molar-refractivity contribution in [1.82, 2.24) is 15.1 Å². The van der Waals surface area contributed by atoms with Crippen LogP contribution in [0.5, 0.6) is 0 Å². The lowest BCUT2D eigenvalue weighted by atomic mass is 10.0. The highest BCUT2D eigenvalue weighted by Crippen LogP contribution is 2.30. The maximum Gasteiger partial charge on any atom is 0.416 e. The van der Waals surface area contributed by atoms with Crippen molar-refractivity contribution in [2.45, 2.75) is 25.7 Å². The molecule has 1 aromatic heterocycles. The highest BCUT2D eigenvalue weighted by atomic mass is 19.4. The average Bonchev–Trinajstić information content (AvgIpc) is 3.14. The van der Waals surface area contributed by atoms with Gasteiger partial charge in [0.05, 0.1) is 18.2 Å². The second-order valence-corrected chi connectivity index (χ2v) is 6.18. The third-order valence-corrected chi connectivity index (χ3v) is 4.22. The van der Waals surface area contributed by atoms with Crippen molar-refractivity contribution in [1.29, 1.82) is 0 Å². The van der Waals surface area contributed by atoms with Crippen LogP contribution in [0.4, 0.5) is 13.2 Å². The Morgan fingerprint density at radius 2 is 1.93 bits per heavy atom. The Morgan fingerprint density at radius 3 is 2.63 bits per heavy atom. The molecule has 0 radical (unpaired) electrons. The highest BCUT2D eigenvalue weighted by molar-refractivity contribution is 5.95. The SMILES string of the molecule is CC(NC(=O)c1ccccc1Cn1cccn1)c1cccc(C(F)(F)F)c1. The molecule has 1 N–H and O–H groups in total. The summed E-state index contributed by atoms with van der Waals surface area (Å²) >= 11 is 0. The number of carbonyl (C=O) groups is 1. The van der Waals surface area contributed by atoms with Crippen LogP contribution in [0.1, 0.15) is 40.0 Å². The molecular weight excluding hydrogens is 355 g/mol. The molecule has 7 heteroatoms. The molecule has 0 aliphatic rings. The maximum absolute atomic E-state index is 12.9. The van der Waals surface area contributed by atoms with Crippen molar-refractivity contribution >= 4 is 5.91 Å². The second-order valence-electron chi connectivity index (χ2n) is 6.18. The number of carbonyl (C=O) groups excluding carboxylic acids is 1. The molecule has 0 bridgehead atoms. The van der Waals surface area contributed by atoms with E-state index in [-0.39, 0.29) is 5.91 Å². The topological polar surface area (TPSA) is 46.9 Å². The van der Waals surface area contributed by atoms with Crippen LogP contribution < -0.4 is 5.32 Å². The van der Waals surface area contributed by atoms with Crippen molar-refractivity contribution in [3.63, 3.8) is 0 Å². The Bertz CT molecular complexity index is 920.